The lowest BCUT2D eigenvalue weighted by molar-refractivity contribution is -0.116. The predicted octanol–water partition coefficient (Wildman–Crippen LogP) is 1.60. The number of ether oxygens (including phenoxy) is 1. The van der Waals surface area contributed by atoms with Gasteiger partial charge in [0.15, 0.2) is 0 Å². The number of fused-ring (bicyclic) bond motifs is 1. The SMILES string of the molecule is CCOCCNc1cc2c(cc1N)CCC(=O)N2. The van der Waals surface area contributed by atoms with Crippen LogP contribution in [0, 0.1) is 0 Å². The number of carbonyl (C=O) groups is 1. The molecule has 0 atom stereocenters. The minimum atomic E-state index is 0.0625. The van der Waals surface area contributed by atoms with Crippen molar-refractivity contribution in [3.05, 3.63) is 17.7 Å². The van der Waals surface area contributed by atoms with Crippen molar-refractivity contribution in [1.29, 1.82) is 0 Å². The Morgan fingerprint density at radius 2 is 2.28 bits per heavy atom. The highest BCUT2D eigenvalue weighted by atomic mass is 16.5. The van der Waals surface area contributed by atoms with Gasteiger partial charge in [0.25, 0.3) is 0 Å². The highest BCUT2D eigenvalue weighted by molar-refractivity contribution is 5.95. The Hall–Kier alpha value is -1.75. The van der Waals surface area contributed by atoms with Gasteiger partial charge in [-0.3, -0.25) is 4.79 Å². The summed E-state index contributed by atoms with van der Waals surface area (Å²) in [5.74, 6) is 0.0625. The first kappa shape index (κ1) is 12.7. The first-order valence-corrected chi connectivity index (χ1v) is 6.24. The van der Waals surface area contributed by atoms with Crippen LogP contribution in [0.15, 0.2) is 12.1 Å². The van der Waals surface area contributed by atoms with Gasteiger partial charge in [0.05, 0.1) is 18.0 Å². The van der Waals surface area contributed by atoms with E-state index in [2.05, 4.69) is 10.6 Å². The smallest absolute Gasteiger partial charge is 0.224 e. The normalized spacial score (nSPS) is 13.9. The van der Waals surface area contributed by atoms with Gasteiger partial charge < -0.3 is 21.1 Å². The molecule has 5 nitrogen and oxygen atoms in total. The molecular formula is C13H19N3O2. The molecule has 0 aromatic heterocycles. The molecule has 1 aromatic rings. The molecule has 5 heteroatoms. The molecule has 0 spiro atoms. The van der Waals surface area contributed by atoms with E-state index in [1.807, 2.05) is 19.1 Å². The number of hydrogen-bond donors (Lipinski definition) is 3. The number of nitrogens with two attached hydrogens (primary N) is 1. The van der Waals surface area contributed by atoms with Crippen LogP contribution in [0.3, 0.4) is 0 Å². The van der Waals surface area contributed by atoms with Gasteiger partial charge in [-0.1, -0.05) is 0 Å². The van der Waals surface area contributed by atoms with Crippen molar-refractivity contribution in [3.63, 3.8) is 0 Å². The summed E-state index contributed by atoms with van der Waals surface area (Å²) in [4.78, 5) is 11.3. The van der Waals surface area contributed by atoms with E-state index >= 15 is 0 Å². The third kappa shape index (κ3) is 2.92. The minimum absolute atomic E-state index is 0.0625. The maximum Gasteiger partial charge on any atom is 0.224 e. The third-order valence-corrected chi connectivity index (χ3v) is 2.94. The lowest BCUT2D eigenvalue weighted by Gasteiger charge is -2.19. The molecule has 0 radical (unpaired) electrons. The summed E-state index contributed by atoms with van der Waals surface area (Å²) in [5.41, 5.74) is 9.49. The molecule has 0 aliphatic carbocycles. The lowest BCUT2D eigenvalue weighted by atomic mass is 10.0. The van der Waals surface area contributed by atoms with Crippen LogP contribution in [-0.2, 0) is 16.0 Å². The Labute approximate surface area is 107 Å². The van der Waals surface area contributed by atoms with E-state index in [4.69, 9.17) is 10.5 Å². The fraction of sp³-hybridized carbons (Fsp3) is 0.462. The first-order chi connectivity index (χ1) is 8.70. The maximum absolute atomic E-state index is 11.3. The van der Waals surface area contributed by atoms with Crippen LogP contribution in [0.1, 0.15) is 18.9 Å². The molecule has 18 heavy (non-hydrogen) atoms. The van der Waals surface area contributed by atoms with E-state index in [1.54, 1.807) is 0 Å². The van der Waals surface area contributed by atoms with Gasteiger partial charge in [0.2, 0.25) is 5.91 Å². The quantitative estimate of drug-likeness (QED) is 0.547. The second-order valence-corrected chi connectivity index (χ2v) is 4.27. The Balaban J connectivity index is 2.06. The number of rotatable bonds is 5. The number of amides is 1. The number of hydrogen-bond acceptors (Lipinski definition) is 4. The molecule has 0 saturated heterocycles. The zero-order chi connectivity index (χ0) is 13.0. The Morgan fingerprint density at radius 1 is 1.44 bits per heavy atom. The van der Waals surface area contributed by atoms with Crippen LogP contribution in [0.25, 0.3) is 0 Å². The van der Waals surface area contributed by atoms with Crippen LogP contribution in [-0.4, -0.2) is 25.7 Å². The lowest BCUT2D eigenvalue weighted by Crippen LogP contribution is -2.20. The van der Waals surface area contributed by atoms with Crippen LogP contribution in [0.5, 0.6) is 0 Å². The van der Waals surface area contributed by atoms with Crippen molar-refractivity contribution in [2.24, 2.45) is 0 Å². The van der Waals surface area contributed by atoms with Gasteiger partial charge in [-0.2, -0.15) is 0 Å². The van der Waals surface area contributed by atoms with Crippen molar-refractivity contribution in [3.8, 4) is 0 Å². The second-order valence-electron chi connectivity index (χ2n) is 4.27. The highest BCUT2D eigenvalue weighted by Gasteiger charge is 2.16. The van der Waals surface area contributed by atoms with E-state index < -0.39 is 0 Å². The molecule has 1 aliphatic rings. The van der Waals surface area contributed by atoms with Crippen molar-refractivity contribution >= 4 is 23.0 Å². The van der Waals surface area contributed by atoms with Crippen LogP contribution < -0.4 is 16.4 Å². The zero-order valence-electron chi connectivity index (χ0n) is 10.6. The summed E-state index contributed by atoms with van der Waals surface area (Å²) in [6, 6.07) is 3.82. The molecule has 0 fully saturated rings. The van der Waals surface area contributed by atoms with Crippen LogP contribution in [0.2, 0.25) is 0 Å². The molecular weight excluding hydrogens is 230 g/mol. The average Bonchev–Trinajstić information content (AvgIpc) is 2.35. The largest absolute Gasteiger partial charge is 0.397 e. The predicted molar refractivity (Wildman–Crippen MR) is 72.8 cm³/mol. The number of anilines is 3. The maximum atomic E-state index is 11.3. The van der Waals surface area contributed by atoms with Crippen molar-refractivity contribution < 1.29 is 9.53 Å². The monoisotopic (exact) mass is 249 g/mol. The Bertz CT molecular complexity index is 446. The van der Waals surface area contributed by atoms with Gasteiger partial charge in [-0.15, -0.1) is 0 Å². The fourth-order valence-electron chi connectivity index (χ4n) is 2.00. The summed E-state index contributed by atoms with van der Waals surface area (Å²) in [6.07, 6.45) is 1.29. The summed E-state index contributed by atoms with van der Waals surface area (Å²) in [6.45, 7) is 4.00. The number of nitrogens with one attached hydrogen (secondary N) is 2. The average molecular weight is 249 g/mol. The van der Waals surface area contributed by atoms with Gasteiger partial charge in [0.1, 0.15) is 0 Å². The van der Waals surface area contributed by atoms with Gasteiger partial charge >= 0.3 is 0 Å². The van der Waals surface area contributed by atoms with Gasteiger partial charge in [0, 0.05) is 25.3 Å². The molecule has 1 aliphatic heterocycles. The number of benzene rings is 1. The minimum Gasteiger partial charge on any atom is -0.397 e. The van der Waals surface area contributed by atoms with Crippen molar-refractivity contribution in [1.82, 2.24) is 0 Å². The summed E-state index contributed by atoms with van der Waals surface area (Å²) in [5, 5.41) is 6.07. The molecule has 2 rings (SSSR count). The first-order valence-electron chi connectivity index (χ1n) is 6.24. The number of carbonyl (C=O) groups excluding carboxylic acids is 1. The molecule has 1 amide bonds. The van der Waals surface area contributed by atoms with E-state index in [9.17, 15) is 4.79 Å². The van der Waals surface area contributed by atoms with E-state index in [0.29, 0.717) is 31.9 Å². The summed E-state index contributed by atoms with van der Waals surface area (Å²) in [7, 11) is 0. The topological polar surface area (TPSA) is 76.4 Å². The van der Waals surface area contributed by atoms with E-state index in [-0.39, 0.29) is 5.91 Å². The Morgan fingerprint density at radius 3 is 3.06 bits per heavy atom. The Kier molecular flexibility index (Phi) is 4.04. The highest BCUT2D eigenvalue weighted by Crippen LogP contribution is 2.30. The second kappa shape index (κ2) is 5.73. The molecule has 1 heterocycles. The van der Waals surface area contributed by atoms with Crippen LogP contribution in [0.4, 0.5) is 17.1 Å². The van der Waals surface area contributed by atoms with E-state index in [1.165, 1.54) is 0 Å². The standard InChI is InChI=1S/C13H19N3O2/c1-2-18-6-5-15-12-8-11-9(7-10(12)14)3-4-13(17)16-11/h7-8,15H,2-6,14H2,1H3,(H,16,17). The van der Waals surface area contributed by atoms with Crippen LogP contribution >= 0.6 is 0 Å². The van der Waals surface area contributed by atoms with Gasteiger partial charge in [-0.05, 0) is 31.0 Å². The summed E-state index contributed by atoms with van der Waals surface area (Å²) >= 11 is 0. The van der Waals surface area contributed by atoms with Gasteiger partial charge in [-0.25, -0.2) is 0 Å². The van der Waals surface area contributed by atoms with E-state index in [0.717, 1.165) is 23.4 Å². The number of nitrogen functional groups attached to an aromatic ring is 1. The molecule has 0 bridgehead atoms. The molecule has 0 unspecified atom stereocenters. The third-order valence-electron chi connectivity index (χ3n) is 2.94. The van der Waals surface area contributed by atoms with Crippen molar-refractivity contribution in [2.75, 3.05) is 36.1 Å². The zero-order valence-corrected chi connectivity index (χ0v) is 10.6. The fourth-order valence-corrected chi connectivity index (χ4v) is 2.00. The summed E-state index contributed by atoms with van der Waals surface area (Å²) < 4.78 is 5.25. The molecule has 98 valence electrons. The molecule has 4 N–H and O–H groups in total. The number of aryl methyl sites for hydroxylation is 1. The van der Waals surface area contributed by atoms with Crippen molar-refractivity contribution in [2.45, 2.75) is 19.8 Å². The molecule has 0 saturated carbocycles. The molecule has 1 aromatic carbocycles.